The molecular formula is C13H13N3O4. The summed E-state index contributed by atoms with van der Waals surface area (Å²) in [7, 11) is 0. The number of imide groups is 1. The van der Waals surface area contributed by atoms with Gasteiger partial charge in [0.25, 0.3) is 11.6 Å². The van der Waals surface area contributed by atoms with Crippen molar-refractivity contribution in [3.05, 3.63) is 39.9 Å². The number of carbonyl (C=O) groups excluding carboxylic acids is 2. The highest BCUT2D eigenvalue weighted by Crippen LogP contribution is 2.30. The lowest BCUT2D eigenvalue weighted by Crippen LogP contribution is -2.33. The lowest BCUT2D eigenvalue weighted by atomic mass is 10.2. The van der Waals surface area contributed by atoms with E-state index >= 15 is 0 Å². The van der Waals surface area contributed by atoms with Crippen molar-refractivity contribution in [2.75, 3.05) is 6.54 Å². The SMILES string of the molecule is O=C1CN(C2CC2)C(=O)N1Cc1ccc([N+](=O)[O-])cc1. The minimum atomic E-state index is -0.481. The van der Waals surface area contributed by atoms with Gasteiger partial charge < -0.3 is 4.90 Å². The first kappa shape index (κ1) is 12.6. The van der Waals surface area contributed by atoms with Crippen molar-refractivity contribution in [2.45, 2.75) is 25.4 Å². The van der Waals surface area contributed by atoms with Gasteiger partial charge in [0.2, 0.25) is 0 Å². The molecule has 1 heterocycles. The molecule has 0 atom stereocenters. The maximum absolute atomic E-state index is 12.1. The number of nitro groups is 1. The number of amides is 3. The first-order valence-corrected chi connectivity index (χ1v) is 6.40. The molecule has 20 heavy (non-hydrogen) atoms. The van der Waals surface area contributed by atoms with Gasteiger partial charge in [-0.15, -0.1) is 0 Å². The Morgan fingerprint density at radius 1 is 1.20 bits per heavy atom. The number of nitrogens with zero attached hydrogens (tertiary/aromatic N) is 3. The highest BCUT2D eigenvalue weighted by Gasteiger charge is 2.43. The van der Waals surface area contributed by atoms with E-state index in [-0.39, 0.29) is 36.8 Å². The van der Waals surface area contributed by atoms with Gasteiger partial charge in [0.1, 0.15) is 6.54 Å². The average Bonchev–Trinajstić information content (AvgIpc) is 3.22. The standard InChI is InChI=1S/C13H13N3O4/c17-12-8-14(10-5-6-10)13(18)15(12)7-9-1-3-11(4-2-9)16(19)20/h1-4,10H,5-8H2. The normalized spacial score (nSPS) is 18.8. The molecule has 0 aromatic heterocycles. The molecular weight excluding hydrogens is 262 g/mol. The van der Waals surface area contributed by atoms with Gasteiger partial charge in [-0.25, -0.2) is 4.79 Å². The van der Waals surface area contributed by atoms with Crippen LogP contribution in [-0.4, -0.2) is 39.2 Å². The molecule has 2 fully saturated rings. The van der Waals surface area contributed by atoms with Crippen LogP contribution in [0, 0.1) is 10.1 Å². The van der Waals surface area contributed by atoms with Crippen LogP contribution in [0.15, 0.2) is 24.3 Å². The Labute approximate surface area is 114 Å². The van der Waals surface area contributed by atoms with Crippen LogP contribution in [0.4, 0.5) is 10.5 Å². The number of non-ortho nitro benzene ring substituents is 1. The van der Waals surface area contributed by atoms with Gasteiger partial charge in [-0.2, -0.15) is 0 Å². The van der Waals surface area contributed by atoms with Crippen molar-refractivity contribution >= 4 is 17.6 Å². The van der Waals surface area contributed by atoms with Gasteiger partial charge in [-0.3, -0.25) is 19.8 Å². The summed E-state index contributed by atoms with van der Waals surface area (Å²) in [5.41, 5.74) is 0.697. The molecule has 0 N–H and O–H groups in total. The van der Waals surface area contributed by atoms with Gasteiger partial charge in [0.15, 0.2) is 0 Å². The fourth-order valence-corrected chi connectivity index (χ4v) is 2.29. The molecule has 1 aliphatic heterocycles. The number of carbonyl (C=O) groups is 2. The van der Waals surface area contributed by atoms with E-state index < -0.39 is 4.92 Å². The summed E-state index contributed by atoms with van der Waals surface area (Å²) in [4.78, 5) is 36.9. The maximum Gasteiger partial charge on any atom is 0.327 e. The summed E-state index contributed by atoms with van der Waals surface area (Å²) in [6, 6.07) is 5.85. The van der Waals surface area contributed by atoms with E-state index in [1.54, 1.807) is 17.0 Å². The second-order valence-electron chi connectivity index (χ2n) is 5.05. The molecule has 0 spiro atoms. The second kappa shape index (κ2) is 4.59. The van der Waals surface area contributed by atoms with Crippen molar-refractivity contribution in [3.8, 4) is 0 Å². The van der Waals surface area contributed by atoms with Crippen molar-refractivity contribution < 1.29 is 14.5 Å². The van der Waals surface area contributed by atoms with E-state index in [1.165, 1.54) is 17.0 Å². The zero-order valence-electron chi connectivity index (χ0n) is 10.7. The minimum Gasteiger partial charge on any atom is -0.312 e. The monoisotopic (exact) mass is 275 g/mol. The predicted molar refractivity (Wildman–Crippen MR) is 68.8 cm³/mol. The van der Waals surface area contributed by atoms with Crippen LogP contribution in [0.5, 0.6) is 0 Å². The second-order valence-corrected chi connectivity index (χ2v) is 5.05. The Kier molecular flexibility index (Phi) is 2.89. The number of hydrogen-bond donors (Lipinski definition) is 0. The fourth-order valence-electron chi connectivity index (χ4n) is 2.29. The van der Waals surface area contributed by atoms with Crippen molar-refractivity contribution in [1.82, 2.24) is 9.80 Å². The molecule has 1 saturated heterocycles. The molecule has 104 valence electrons. The predicted octanol–water partition coefficient (Wildman–Crippen LogP) is 1.52. The minimum absolute atomic E-state index is 0.00701. The summed E-state index contributed by atoms with van der Waals surface area (Å²) in [5.74, 6) is -0.208. The van der Waals surface area contributed by atoms with E-state index in [9.17, 15) is 19.7 Å². The third-order valence-electron chi connectivity index (χ3n) is 3.56. The summed E-state index contributed by atoms with van der Waals surface area (Å²) < 4.78 is 0. The Bertz CT molecular complexity index is 580. The smallest absolute Gasteiger partial charge is 0.312 e. The highest BCUT2D eigenvalue weighted by molar-refractivity contribution is 6.02. The molecule has 0 radical (unpaired) electrons. The van der Waals surface area contributed by atoms with Gasteiger partial charge in [0, 0.05) is 18.2 Å². The van der Waals surface area contributed by atoms with E-state index in [0.717, 1.165) is 12.8 Å². The largest absolute Gasteiger partial charge is 0.327 e. The van der Waals surface area contributed by atoms with Crippen LogP contribution < -0.4 is 0 Å². The lowest BCUT2D eigenvalue weighted by Gasteiger charge is -2.16. The Morgan fingerprint density at radius 2 is 1.85 bits per heavy atom. The molecule has 0 unspecified atom stereocenters. The number of hydrogen-bond acceptors (Lipinski definition) is 4. The van der Waals surface area contributed by atoms with Gasteiger partial charge >= 0.3 is 6.03 Å². The number of benzene rings is 1. The topological polar surface area (TPSA) is 83.8 Å². The van der Waals surface area contributed by atoms with Crippen molar-refractivity contribution in [3.63, 3.8) is 0 Å². The van der Waals surface area contributed by atoms with Gasteiger partial charge in [-0.05, 0) is 18.4 Å². The Morgan fingerprint density at radius 3 is 2.40 bits per heavy atom. The van der Waals surface area contributed by atoms with Gasteiger partial charge in [0.05, 0.1) is 11.5 Å². The third kappa shape index (κ3) is 2.22. The van der Waals surface area contributed by atoms with Crippen LogP contribution in [-0.2, 0) is 11.3 Å². The number of urea groups is 1. The first-order chi connectivity index (χ1) is 9.56. The summed E-state index contributed by atoms with van der Waals surface area (Å²) >= 11 is 0. The Hall–Kier alpha value is -2.44. The van der Waals surface area contributed by atoms with Crippen LogP contribution in [0.2, 0.25) is 0 Å². The summed E-state index contributed by atoms with van der Waals surface area (Å²) in [5, 5.41) is 10.6. The van der Waals surface area contributed by atoms with Crippen LogP contribution in [0.1, 0.15) is 18.4 Å². The molecule has 1 aliphatic carbocycles. The molecule has 2 aliphatic rings. The molecule has 3 rings (SSSR count). The first-order valence-electron chi connectivity index (χ1n) is 6.40. The molecule has 1 aromatic carbocycles. The van der Waals surface area contributed by atoms with Crippen molar-refractivity contribution in [1.29, 1.82) is 0 Å². The quantitative estimate of drug-likeness (QED) is 0.474. The lowest BCUT2D eigenvalue weighted by molar-refractivity contribution is -0.384. The van der Waals surface area contributed by atoms with Crippen LogP contribution in [0.25, 0.3) is 0 Å². The Balaban J connectivity index is 1.72. The van der Waals surface area contributed by atoms with Crippen LogP contribution in [0.3, 0.4) is 0 Å². The van der Waals surface area contributed by atoms with Gasteiger partial charge in [-0.1, -0.05) is 12.1 Å². The zero-order valence-corrected chi connectivity index (χ0v) is 10.7. The van der Waals surface area contributed by atoms with E-state index in [0.29, 0.717) is 5.56 Å². The van der Waals surface area contributed by atoms with E-state index in [1.807, 2.05) is 0 Å². The average molecular weight is 275 g/mol. The van der Waals surface area contributed by atoms with Crippen molar-refractivity contribution in [2.24, 2.45) is 0 Å². The molecule has 7 heteroatoms. The fraction of sp³-hybridized carbons (Fsp3) is 0.385. The van der Waals surface area contributed by atoms with E-state index in [4.69, 9.17) is 0 Å². The molecule has 0 bridgehead atoms. The number of rotatable bonds is 4. The van der Waals surface area contributed by atoms with E-state index in [2.05, 4.69) is 0 Å². The molecule has 1 aromatic rings. The number of nitro benzene ring substituents is 1. The summed E-state index contributed by atoms with van der Waals surface area (Å²) in [6.07, 6.45) is 1.93. The zero-order chi connectivity index (χ0) is 14.3. The maximum atomic E-state index is 12.1. The van der Waals surface area contributed by atoms with Crippen LogP contribution >= 0.6 is 0 Å². The molecule has 1 saturated carbocycles. The summed E-state index contributed by atoms with van der Waals surface area (Å²) in [6.45, 7) is 0.315. The third-order valence-corrected chi connectivity index (χ3v) is 3.56. The molecule has 3 amide bonds. The highest BCUT2D eigenvalue weighted by atomic mass is 16.6. The molecule has 7 nitrogen and oxygen atoms in total.